The first-order chi connectivity index (χ1) is 13.5. The van der Waals surface area contributed by atoms with Crippen LogP contribution in [0.1, 0.15) is 35.0 Å². The molecule has 0 bridgehead atoms. The topological polar surface area (TPSA) is 73.7 Å². The Morgan fingerprint density at radius 3 is 2.41 bits per heavy atom. The summed E-state index contributed by atoms with van der Waals surface area (Å²) in [5, 5.41) is 19.7. The lowest BCUT2D eigenvalue weighted by Crippen LogP contribution is -2.35. The van der Waals surface area contributed by atoms with Crippen LogP contribution in [0.4, 0.5) is 8.78 Å². The van der Waals surface area contributed by atoms with Gasteiger partial charge in [0.15, 0.2) is 11.5 Å². The number of rotatable bonds is 3. The highest BCUT2D eigenvalue weighted by Crippen LogP contribution is 2.46. The molecule has 29 heavy (non-hydrogen) atoms. The lowest BCUT2D eigenvalue weighted by atomic mass is 9.98. The third kappa shape index (κ3) is 4.16. The molecular formula is C20H18Cl2F2N2O3. The summed E-state index contributed by atoms with van der Waals surface area (Å²) in [7, 11) is 0. The van der Waals surface area contributed by atoms with Crippen LogP contribution in [0.3, 0.4) is 0 Å². The molecule has 5 nitrogen and oxygen atoms in total. The summed E-state index contributed by atoms with van der Waals surface area (Å²) in [6.07, 6.45) is 3.21. The Kier molecular flexibility index (Phi) is 5.74. The van der Waals surface area contributed by atoms with Crippen LogP contribution in [0.5, 0.6) is 11.5 Å². The molecule has 1 aromatic carbocycles. The zero-order chi connectivity index (χ0) is 21.5. The number of halogens is 4. The number of phenolic OH excluding ortho intramolecular Hbond substituents is 2. The fraction of sp³-hybridized carbons (Fsp3) is 0.300. The first kappa shape index (κ1) is 21.3. The van der Waals surface area contributed by atoms with Gasteiger partial charge in [0.25, 0.3) is 5.92 Å². The van der Waals surface area contributed by atoms with Gasteiger partial charge in [-0.1, -0.05) is 29.3 Å². The van der Waals surface area contributed by atoms with E-state index in [-0.39, 0.29) is 28.2 Å². The van der Waals surface area contributed by atoms with Crippen LogP contribution >= 0.6 is 23.2 Å². The predicted octanol–water partition coefficient (Wildman–Crippen LogP) is 4.82. The van der Waals surface area contributed by atoms with E-state index < -0.39 is 17.4 Å². The molecule has 3 rings (SSSR count). The summed E-state index contributed by atoms with van der Waals surface area (Å²) in [5.41, 5.74) is 1.67. The monoisotopic (exact) mass is 442 g/mol. The van der Waals surface area contributed by atoms with Crippen molar-refractivity contribution in [2.24, 2.45) is 0 Å². The Hall–Kier alpha value is -2.38. The number of nitrogens with zero attached hydrogens (tertiary/aromatic N) is 2. The third-order valence-electron chi connectivity index (χ3n) is 4.81. The van der Waals surface area contributed by atoms with Crippen LogP contribution in [0.15, 0.2) is 18.2 Å². The zero-order valence-corrected chi connectivity index (χ0v) is 17.2. The van der Waals surface area contributed by atoms with E-state index in [1.54, 1.807) is 6.92 Å². The first-order valence-electron chi connectivity index (χ1n) is 8.74. The average Bonchev–Trinajstić information content (AvgIpc) is 2.68. The van der Waals surface area contributed by atoms with Crippen molar-refractivity contribution in [3.05, 3.63) is 56.3 Å². The highest BCUT2D eigenvalue weighted by molar-refractivity contribution is 6.36. The minimum absolute atomic E-state index is 0.0269. The normalized spacial score (nSPS) is 14.3. The predicted molar refractivity (Wildman–Crippen MR) is 106 cm³/mol. The lowest BCUT2D eigenvalue weighted by molar-refractivity contribution is -0.126. The highest BCUT2D eigenvalue weighted by Gasteiger charge is 2.28. The van der Waals surface area contributed by atoms with E-state index in [4.69, 9.17) is 23.2 Å². The number of aromatic nitrogens is 1. The standard InChI is InChI=1S/C20H18Cl2F2N2O3/c1-10-11(3-5-14(25-10)20(2,23)24)4-6-15(27)26-8-7-12-13(9-26)17(22)19(29)18(28)16(12)21/h3-6,28-29H,7-9H2,1-2H3/b6-4+. The molecule has 0 atom stereocenters. The van der Waals surface area contributed by atoms with E-state index in [0.29, 0.717) is 35.3 Å². The second kappa shape index (κ2) is 7.80. The maximum Gasteiger partial charge on any atom is 0.286 e. The van der Waals surface area contributed by atoms with Crippen molar-refractivity contribution in [3.63, 3.8) is 0 Å². The molecule has 1 aliphatic heterocycles. The summed E-state index contributed by atoms with van der Waals surface area (Å²) >= 11 is 12.2. The molecule has 1 aromatic heterocycles. The minimum atomic E-state index is -3.04. The summed E-state index contributed by atoms with van der Waals surface area (Å²) in [4.78, 5) is 18.0. The van der Waals surface area contributed by atoms with E-state index in [1.165, 1.54) is 29.2 Å². The quantitative estimate of drug-likeness (QED) is 0.527. The Labute approximate surface area is 176 Å². The van der Waals surface area contributed by atoms with Crippen molar-refractivity contribution < 1.29 is 23.8 Å². The summed E-state index contributed by atoms with van der Waals surface area (Å²) in [5.74, 6) is -4.35. The molecule has 0 saturated heterocycles. The van der Waals surface area contributed by atoms with Gasteiger partial charge in [0, 0.05) is 31.8 Å². The van der Waals surface area contributed by atoms with Crippen LogP contribution in [0, 0.1) is 6.92 Å². The van der Waals surface area contributed by atoms with Crippen molar-refractivity contribution in [3.8, 4) is 11.5 Å². The SMILES string of the molecule is Cc1nc(C(C)(F)F)ccc1/C=C/C(=O)N1CCc2c(Cl)c(O)c(O)c(Cl)c2C1. The molecule has 1 amide bonds. The number of hydrogen-bond donors (Lipinski definition) is 2. The highest BCUT2D eigenvalue weighted by atomic mass is 35.5. The van der Waals surface area contributed by atoms with Crippen LogP contribution < -0.4 is 0 Å². The van der Waals surface area contributed by atoms with Gasteiger partial charge in [-0.15, -0.1) is 0 Å². The summed E-state index contributed by atoms with van der Waals surface area (Å²) < 4.78 is 26.7. The second-order valence-corrected chi connectivity index (χ2v) is 7.64. The number of aromatic hydroxyl groups is 2. The molecule has 0 saturated carbocycles. The van der Waals surface area contributed by atoms with E-state index in [1.807, 2.05) is 0 Å². The van der Waals surface area contributed by atoms with E-state index in [0.717, 1.165) is 6.92 Å². The summed E-state index contributed by atoms with van der Waals surface area (Å²) in [6, 6.07) is 2.72. The molecule has 154 valence electrons. The van der Waals surface area contributed by atoms with E-state index in [9.17, 15) is 23.8 Å². The molecule has 0 unspecified atom stereocenters. The Morgan fingerprint density at radius 2 is 1.83 bits per heavy atom. The van der Waals surface area contributed by atoms with Crippen molar-refractivity contribution >= 4 is 35.2 Å². The molecule has 0 spiro atoms. The molecule has 0 radical (unpaired) electrons. The minimum Gasteiger partial charge on any atom is -0.503 e. The summed E-state index contributed by atoms with van der Waals surface area (Å²) in [6.45, 7) is 2.82. The van der Waals surface area contributed by atoms with E-state index in [2.05, 4.69) is 4.98 Å². The largest absolute Gasteiger partial charge is 0.503 e. The van der Waals surface area contributed by atoms with Gasteiger partial charge in [0.1, 0.15) is 5.69 Å². The van der Waals surface area contributed by atoms with Gasteiger partial charge in [-0.2, -0.15) is 8.78 Å². The molecule has 2 aromatic rings. The fourth-order valence-electron chi connectivity index (χ4n) is 3.15. The molecule has 2 N–H and O–H groups in total. The molecular weight excluding hydrogens is 425 g/mol. The third-order valence-corrected chi connectivity index (χ3v) is 5.62. The number of fused-ring (bicyclic) bond motifs is 1. The number of benzene rings is 1. The van der Waals surface area contributed by atoms with Crippen molar-refractivity contribution in [2.45, 2.75) is 32.7 Å². The molecule has 0 aliphatic carbocycles. The van der Waals surface area contributed by atoms with Gasteiger partial charge in [-0.3, -0.25) is 9.78 Å². The van der Waals surface area contributed by atoms with Gasteiger partial charge in [0.05, 0.1) is 10.0 Å². The molecule has 9 heteroatoms. The van der Waals surface area contributed by atoms with Crippen molar-refractivity contribution in [1.29, 1.82) is 0 Å². The first-order valence-corrected chi connectivity index (χ1v) is 9.49. The number of hydrogen-bond acceptors (Lipinski definition) is 4. The van der Waals surface area contributed by atoms with Gasteiger partial charge < -0.3 is 15.1 Å². The number of pyridine rings is 1. The second-order valence-electron chi connectivity index (χ2n) is 6.88. The number of aryl methyl sites for hydroxylation is 1. The number of amides is 1. The maximum atomic E-state index is 13.4. The van der Waals surface area contributed by atoms with Crippen LogP contribution in [-0.2, 0) is 23.7 Å². The molecule has 1 aliphatic rings. The lowest BCUT2D eigenvalue weighted by Gasteiger charge is -2.30. The smallest absolute Gasteiger partial charge is 0.286 e. The van der Waals surface area contributed by atoms with Gasteiger partial charge in [-0.25, -0.2) is 0 Å². The fourth-order valence-corrected chi connectivity index (χ4v) is 3.71. The van der Waals surface area contributed by atoms with Crippen LogP contribution in [-0.4, -0.2) is 32.5 Å². The number of phenols is 2. The number of carbonyl (C=O) groups is 1. The van der Waals surface area contributed by atoms with E-state index >= 15 is 0 Å². The number of alkyl halides is 2. The molecule has 2 heterocycles. The van der Waals surface area contributed by atoms with Crippen molar-refractivity contribution in [2.75, 3.05) is 6.54 Å². The Morgan fingerprint density at radius 1 is 1.21 bits per heavy atom. The van der Waals surface area contributed by atoms with Gasteiger partial charge in [0.2, 0.25) is 5.91 Å². The van der Waals surface area contributed by atoms with Crippen molar-refractivity contribution in [1.82, 2.24) is 9.88 Å². The van der Waals surface area contributed by atoms with Gasteiger partial charge >= 0.3 is 0 Å². The average molecular weight is 443 g/mol. The Balaban J connectivity index is 1.80. The number of carbonyl (C=O) groups excluding carboxylic acids is 1. The molecule has 0 fully saturated rings. The zero-order valence-electron chi connectivity index (χ0n) is 15.6. The van der Waals surface area contributed by atoms with Crippen LogP contribution in [0.2, 0.25) is 10.0 Å². The van der Waals surface area contributed by atoms with Crippen LogP contribution in [0.25, 0.3) is 6.08 Å². The van der Waals surface area contributed by atoms with Gasteiger partial charge in [-0.05, 0) is 42.2 Å². The maximum absolute atomic E-state index is 13.4. The Bertz CT molecular complexity index is 1020.